The Bertz CT molecular complexity index is 5280. The monoisotopic (exact) mass is 1600 g/mol. The molecule has 1 saturated heterocycles. The number of aryl methyl sites for hydroxylation is 1. The fourth-order valence-electron chi connectivity index (χ4n) is 13.4. The van der Waals surface area contributed by atoms with Crippen LogP contribution in [0.3, 0.4) is 0 Å². The highest BCUT2D eigenvalue weighted by atomic mass is 35.5. The van der Waals surface area contributed by atoms with E-state index >= 15 is 0 Å². The summed E-state index contributed by atoms with van der Waals surface area (Å²) in [7, 11) is 7.21. The van der Waals surface area contributed by atoms with E-state index in [4.69, 9.17) is 114 Å². The SMILES string of the molecule is C#CC(=O)N[C@H]1Cc2ccccc2[C@H]1Cc1ncc2cc(-c3c(Cl)c(OC)cc(OC)c3Cl)ccc2n1.C=CC(=O)N[C@H]1CCOC[C@H]1Nc1cc2c(cn1)cc(-c1c(Cl)c(OC)cc(OC)c1Cl)c(=O)n2C.C=CS(=O)(=O)N[C@H]1CCCC[C@H]1Nc1ncc2cc(-c3c(Cl)c(OC)cc(OC)c3Cl)ccc2n1. The molecule has 10 aromatic rings. The molecule has 562 valence electrons. The Balaban J connectivity index is 0.000000161. The number of carbonyl (C=O) groups is 2. The molecule has 4 aromatic heterocycles. The minimum atomic E-state index is -3.53. The smallest absolute Gasteiger partial charge is 0.295 e. The molecular formula is C78H75Cl6N11O12S. The number of carbonyl (C=O) groups excluding carboxylic acids is 2. The fourth-order valence-corrected chi connectivity index (χ4v) is 16.4. The number of hydrogen-bond acceptors (Lipinski definition) is 19. The summed E-state index contributed by atoms with van der Waals surface area (Å²) in [5.41, 5.74) is 7.57. The summed E-state index contributed by atoms with van der Waals surface area (Å²) >= 11 is 39.5. The molecule has 2 amide bonds. The van der Waals surface area contributed by atoms with Crippen LogP contribution in [0.15, 0.2) is 139 Å². The summed E-state index contributed by atoms with van der Waals surface area (Å²) in [6.07, 6.45) is 17.1. The van der Waals surface area contributed by atoms with Crippen LogP contribution in [0.5, 0.6) is 34.5 Å². The summed E-state index contributed by atoms with van der Waals surface area (Å²) in [5.74, 6) is 5.66. The van der Waals surface area contributed by atoms with Crippen molar-refractivity contribution >= 4 is 136 Å². The second kappa shape index (κ2) is 35.1. The average molecular weight is 1600 g/mol. The summed E-state index contributed by atoms with van der Waals surface area (Å²) in [5, 5.41) is 17.7. The normalized spacial score (nSPS) is 17.3. The van der Waals surface area contributed by atoms with Gasteiger partial charge in [0.15, 0.2) is 0 Å². The largest absolute Gasteiger partial charge is 0.495 e. The number of methoxy groups -OCH3 is 6. The third kappa shape index (κ3) is 17.4. The van der Waals surface area contributed by atoms with E-state index in [0.717, 1.165) is 64.9 Å². The number of terminal acetylenes is 1. The highest BCUT2D eigenvalue weighted by Crippen LogP contribution is 2.49. The first-order valence-corrected chi connectivity index (χ1v) is 37.7. The van der Waals surface area contributed by atoms with Crippen LogP contribution >= 0.6 is 69.6 Å². The Kier molecular flexibility index (Phi) is 25.8. The van der Waals surface area contributed by atoms with Crippen molar-refractivity contribution in [3.8, 4) is 80.2 Å². The molecule has 5 N–H and O–H groups in total. The number of halogens is 6. The van der Waals surface area contributed by atoms with Crippen molar-refractivity contribution in [2.75, 3.05) is 66.5 Å². The molecule has 6 aromatic carbocycles. The maximum absolute atomic E-state index is 13.4. The number of amides is 2. The van der Waals surface area contributed by atoms with E-state index in [1.807, 2.05) is 48.5 Å². The van der Waals surface area contributed by atoms with Gasteiger partial charge >= 0.3 is 0 Å². The van der Waals surface area contributed by atoms with Gasteiger partial charge in [-0.2, -0.15) is 0 Å². The zero-order valence-corrected chi connectivity index (χ0v) is 65.0. The summed E-state index contributed by atoms with van der Waals surface area (Å²) in [6, 6.07) is 27.0. The van der Waals surface area contributed by atoms with Gasteiger partial charge in [-0.1, -0.05) is 132 Å². The van der Waals surface area contributed by atoms with Gasteiger partial charge < -0.3 is 59.0 Å². The molecule has 108 heavy (non-hydrogen) atoms. The van der Waals surface area contributed by atoms with E-state index in [1.165, 1.54) is 50.2 Å². The number of rotatable bonds is 21. The molecule has 3 aliphatic rings. The molecule has 6 atom stereocenters. The van der Waals surface area contributed by atoms with Gasteiger partial charge in [0.05, 0.1) is 114 Å². The molecule has 23 nitrogen and oxygen atoms in total. The van der Waals surface area contributed by atoms with Gasteiger partial charge in [0, 0.05) is 125 Å². The molecule has 5 heterocycles. The molecule has 2 fully saturated rings. The molecule has 1 saturated carbocycles. The number of ether oxygens (including phenoxy) is 7. The topological polar surface area (TPSA) is 279 Å². The predicted octanol–water partition coefficient (Wildman–Crippen LogP) is 14.8. The lowest BCUT2D eigenvalue weighted by molar-refractivity contribution is -0.118. The van der Waals surface area contributed by atoms with E-state index in [1.54, 1.807) is 70.2 Å². The summed E-state index contributed by atoms with van der Waals surface area (Å²) in [6.45, 7) is 7.82. The van der Waals surface area contributed by atoms with Crippen molar-refractivity contribution < 1.29 is 51.2 Å². The van der Waals surface area contributed by atoms with Crippen molar-refractivity contribution in [3.05, 3.63) is 192 Å². The van der Waals surface area contributed by atoms with Gasteiger partial charge in [-0.15, -0.1) is 6.42 Å². The van der Waals surface area contributed by atoms with Gasteiger partial charge in [0.2, 0.25) is 21.9 Å². The van der Waals surface area contributed by atoms with Crippen molar-refractivity contribution in [1.82, 2.24) is 44.8 Å². The molecule has 0 spiro atoms. The Hall–Kier alpha value is -9.65. The first kappa shape index (κ1) is 79.4. The number of fused-ring (bicyclic) bond motifs is 4. The molecule has 2 aliphatic carbocycles. The number of pyridine rings is 2. The Morgan fingerprint density at radius 3 is 1.71 bits per heavy atom. The number of sulfonamides is 1. The van der Waals surface area contributed by atoms with E-state index in [9.17, 15) is 22.8 Å². The van der Waals surface area contributed by atoms with Crippen molar-refractivity contribution in [2.24, 2.45) is 7.05 Å². The highest BCUT2D eigenvalue weighted by molar-refractivity contribution is 7.92. The molecule has 1 aliphatic heterocycles. The number of anilines is 2. The Labute approximate surface area is 654 Å². The number of nitrogens with zero attached hydrogens (tertiary/aromatic N) is 6. The molecule has 0 bridgehead atoms. The first-order valence-electron chi connectivity index (χ1n) is 33.8. The molecule has 30 heteroatoms. The predicted molar refractivity (Wildman–Crippen MR) is 426 cm³/mol. The Morgan fingerprint density at radius 1 is 0.620 bits per heavy atom. The first-order chi connectivity index (χ1) is 52.0. The molecule has 0 radical (unpaired) electrons. The van der Waals surface area contributed by atoms with Gasteiger partial charge in [0.1, 0.15) is 46.1 Å². The lowest BCUT2D eigenvalue weighted by atomic mass is 9.91. The standard InChI is InChI=1S/C29H23Cl2N3O3.C25H26Cl2N4O5.C24H26Cl2N4O4S/c1-4-26(35)34-22-12-16-7-5-6-8-19(16)20(22)13-25-32-15-18-11-17(9-10-21(18)33-25)27-28(30)23(36-2)14-24(37-3)29(27)31;1-5-21(32)30-15-6-7-36-12-16(15)29-20-9-17-13(11-28-20)8-14(25(33)31(17)2)22-23(26)18(34-3)10-19(35-4)24(22)27;1-4-35(31,32)30-18-8-6-5-7-17(18)29-24-27-13-15-11-14(9-10-16(15)28-24)21-22(25)19(33-2)12-20(34-3)23(21)26/h1,5-11,14-15,20,22H,12-13H2,2-3H3,(H,34,35);5,8-11,15-16H,1,6-7,12H2,2-4H3,(H,28,29)(H,30,32);4,9-13,17-18,30H,1,5-8H2,2-3H3,(H,27,28,29)/t20-,22+;15-,16+;17-,18+/m101/s1. The maximum Gasteiger partial charge on any atom is 0.295 e. The highest BCUT2D eigenvalue weighted by Gasteiger charge is 2.35. The third-order valence-corrected chi connectivity index (χ3v) is 22.3. The Morgan fingerprint density at radius 2 is 1.16 bits per heavy atom. The van der Waals surface area contributed by atoms with Crippen LogP contribution in [0, 0.1) is 12.3 Å². The second-order valence-corrected chi connectivity index (χ2v) is 29.2. The minimum absolute atomic E-state index is 0.0204. The van der Waals surface area contributed by atoms with Gasteiger partial charge in [-0.3, -0.25) is 14.4 Å². The number of hydrogen-bond donors (Lipinski definition) is 5. The van der Waals surface area contributed by atoms with Crippen LogP contribution in [-0.4, -0.2) is 136 Å². The van der Waals surface area contributed by atoms with E-state index in [2.05, 4.69) is 77.1 Å². The van der Waals surface area contributed by atoms with E-state index < -0.39 is 15.9 Å². The summed E-state index contributed by atoms with van der Waals surface area (Å²) < 4.78 is 66.0. The molecule has 13 rings (SSSR count). The number of aromatic nitrogens is 6. The van der Waals surface area contributed by atoms with Crippen LogP contribution in [-0.2, 0) is 44.2 Å². The van der Waals surface area contributed by atoms with Crippen molar-refractivity contribution in [1.29, 1.82) is 0 Å². The summed E-state index contributed by atoms with van der Waals surface area (Å²) in [4.78, 5) is 60.3. The van der Waals surface area contributed by atoms with Crippen LogP contribution < -0.4 is 60.0 Å². The zero-order chi connectivity index (χ0) is 77.3. The fraction of sp³-hybridized carbons (Fsp3) is 0.282. The lowest BCUT2D eigenvalue weighted by Crippen LogP contribution is -2.52. The van der Waals surface area contributed by atoms with Gasteiger partial charge in [-0.05, 0) is 90.3 Å². The average Bonchev–Trinajstić information content (AvgIpc) is 0.947. The number of benzene rings is 6. The van der Waals surface area contributed by atoms with Crippen molar-refractivity contribution in [3.63, 3.8) is 0 Å². The van der Waals surface area contributed by atoms with Gasteiger partial charge in [0.25, 0.3) is 11.5 Å². The van der Waals surface area contributed by atoms with Crippen LogP contribution in [0.25, 0.3) is 66.1 Å². The minimum Gasteiger partial charge on any atom is -0.495 e. The van der Waals surface area contributed by atoms with Gasteiger partial charge in [-0.25, -0.2) is 38.1 Å². The van der Waals surface area contributed by atoms with E-state index in [-0.39, 0.29) is 63.2 Å². The van der Waals surface area contributed by atoms with Crippen LogP contribution in [0.2, 0.25) is 30.1 Å². The third-order valence-electron chi connectivity index (χ3n) is 18.9. The van der Waals surface area contributed by atoms with Crippen molar-refractivity contribution in [2.45, 2.75) is 81.1 Å². The quantitative estimate of drug-likeness (QED) is 0.0330. The van der Waals surface area contributed by atoms with Crippen LogP contribution in [0.4, 0.5) is 11.8 Å². The number of nitrogens with one attached hydrogen (secondary N) is 5. The maximum atomic E-state index is 13.4. The molecule has 0 unspecified atom stereocenters. The zero-order valence-electron chi connectivity index (χ0n) is 59.6. The molecular weight excluding hydrogens is 1530 g/mol. The second-order valence-electron chi connectivity index (χ2n) is 25.3. The lowest BCUT2D eigenvalue weighted by Gasteiger charge is -2.32. The van der Waals surface area contributed by atoms with Crippen LogP contribution in [0.1, 0.15) is 55.0 Å². The van der Waals surface area contributed by atoms with E-state index in [0.29, 0.717) is 131 Å².